The summed E-state index contributed by atoms with van der Waals surface area (Å²) in [5.41, 5.74) is 3.43. The van der Waals surface area contributed by atoms with Gasteiger partial charge in [0.15, 0.2) is 5.11 Å². The van der Waals surface area contributed by atoms with E-state index in [9.17, 15) is 4.39 Å². The van der Waals surface area contributed by atoms with Gasteiger partial charge in [-0.1, -0.05) is 31.1 Å². The topological polar surface area (TPSA) is 63.4 Å². The molecule has 4 rings (SSSR count). The fourth-order valence-electron chi connectivity index (χ4n) is 3.76. The molecule has 0 fully saturated rings. The molecule has 8 heteroatoms. The van der Waals surface area contributed by atoms with Gasteiger partial charge in [-0.15, -0.1) is 0 Å². The number of thiocarbonyl (C=S) groups is 1. The number of nitrogens with zero attached hydrogens (tertiary/aromatic N) is 3. The Balaban J connectivity index is 1.81. The van der Waals surface area contributed by atoms with Gasteiger partial charge in [0.2, 0.25) is 5.82 Å². The number of rotatable bonds is 6. The Morgan fingerprint density at radius 3 is 2.66 bits per heavy atom. The lowest BCUT2D eigenvalue weighted by atomic mass is 9.94. The van der Waals surface area contributed by atoms with Gasteiger partial charge in [0, 0.05) is 17.8 Å². The lowest BCUT2D eigenvalue weighted by Gasteiger charge is -2.38. The van der Waals surface area contributed by atoms with Crippen molar-refractivity contribution in [3.05, 3.63) is 71.5 Å². The molecule has 1 aliphatic heterocycles. The van der Waals surface area contributed by atoms with Gasteiger partial charge in [-0.3, -0.25) is 0 Å². The van der Waals surface area contributed by atoms with Crippen LogP contribution in [-0.2, 0) is 0 Å². The summed E-state index contributed by atoms with van der Waals surface area (Å²) in [6.45, 7) is 7.05. The normalized spacial score (nSPS) is 16.5. The standard InChI is InChI=1S/C24H25FN4O2S/c1-14(2)13-29-15(3)20(21(26-24(29)32)17-6-5-7-19(12-17)30-4)23-27-22(28-31-23)16-8-10-18(25)11-9-16/h5-12,14,21H,13H2,1-4H3,(H,26,32). The lowest BCUT2D eigenvalue weighted by Crippen LogP contribution is -2.47. The summed E-state index contributed by atoms with van der Waals surface area (Å²) in [6.07, 6.45) is 0. The Hall–Kier alpha value is -3.26. The highest BCUT2D eigenvalue weighted by Gasteiger charge is 2.34. The first-order valence-electron chi connectivity index (χ1n) is 10.4. The summed E-state index contributed by atoms with van der Waals surface area (Å²) >= 11 is 5.71. The second kappa shape index (κ2) is 9.08. The summed E-state index contributed by atoms with van der Waals surface area (Å²) in [5.74, 6) is 1.61. The van der Waals surface area contributed by atoms with Crippen molar-refractivity contribution in [1.29, 1.82) is 0 Å². The number of allylic oxidation sites excluding steroid dienone is 1. The van der Waals surface area contributed by atoms with Crippen LogP contribution in [0.1, 0.15) is 38.3 Å². The molecule has 3 aromatic rings. The molecule has 1 unspecified atom stereocenters. The number of hydrogen-bond acceptors (Lipinski definition) is 5. The van der Waals surface area contributed by atoms with Crippen molar-refractivity contribution in [2.75, 3.05) is 13.7 Å². The zero-order valence-corrected chi connectivity index (χ0v) is 19.2. The average molecular weight is 453 g/mol. The highest BCUT2D eigenvalue weighted by molar-refractivity contribution is 7.80. The molecule has 0 radical (unpaired) electrons. The molecule has 166 valence electrons. The van der Waals surface area contributed by atoms with Crippen LogP contribution in [-0.4, -0.2) is 33.8 Å². The molecule has 0 bridgehead atoms. The van der Waals surface area contributed by atoms with Crippen molar-refractivity contribution >= 4 is 22.9 Å². The van der Waals surface area contributed by atoms with Crippen LogP contribution in [0.4, 0.5) is 4.39 Å². The lowest BCUT2D eigenvalue weighted by molar-refractivity contribution is 0.385. The first-order chi connectivity index (χ1) is 15.4. The fraction of sp³-hybridized carbons (Fsp3) is 0.292. The van der Waals surface area contributed by atoms with Gasteiger partial charge >= 0.3 is 0 Å². The van der Waals surface area contributed by atoms with Crippen LogP contribution in [0, 0.1) is 11.7 Å². The number of nitrogens with one attached hydrogen (secondary N) is 1. The minimum Gasteiger partial charge on any atom is -0.497 e. The van der Waals surface area contributed by atoms with Gasteiger partial charge in [0.25, 0.3) is 5.89 Å². The molecule has 0 saturated carbocycles. The molecule has 1 aliphatic rings. The Labute approximate surface area is 192 Å². The van der Waals surface area contributed by atoms with Crippen LogP contribution < -0.4 is 10.1 Å². The highest BCUT2D eigenvalue weighted by Crippen LogP contribution is 2.38. The average Bonchev–Trinajstić information content (AvgIpc) is 3.26. The van der Waals surface area contributed by atoms with E-state index in [1.165, 1.54) is 12.1 Å². The Bertz CT molecular complexity index is 1160. The SMILES string of the molecule is COc1cccc(C2NC(=S)N(CC(C)C)C(C)=C2c2nc(-c3ccc(F)cc3)no2)c1. The van der Waals surface area contributed by atoms with Crippen LogP contribution in [0.15, 0.2) is 58.8 Å². The molecular formula is C24H25FN4O2S. The van der Waals surface area contributed by atoms with Crippen LogP contribution >= 0.6 is 12.2 Å². The highest BCUT2D eigenvalue weighted by atomic mass is 32.1. The van der Waals surface area contributed by atoms with E-state index in [1.807, 2.05) is 31.2 Å². The van der Waals surface area contributed by atoms with Crippen molar-refractivity contribution < 1.29 is 13.7 Å². The van der Waals surface area contributed by atoms with E-state index in [-0.39, 0.29) is 11.9 Å². The number of aromatic nitrogens is 2. The molecular weight excluding hydrogens is 427 g/mol. The molecule has 0 spiro atoms. The molecule has 6 nitrogen and oxygen atoms in total. The van der Waals surface area contributed by atoms with Gasteiger partial charge in [-0.2, -0.15) is 4.98 Å². The van der Waals surface area contributed by atoms with Crippen LogP contribution in [0.5, 0.6) is 5.75 Å². The van der Waals surface area contributed by atoms with Crippen LogP contribution in [0.25, 0.3) is 17.0 Å². The fourth-order valence-corrected chi connectivity index (χ4v) is 4.09. The van der Waals surface area contributed by atoms with Crippen molar-refractivity contribution in [1.82, 2.24) is 20.4 Å². The van der Waals surface area contributed by atoms with Crippen LogP contribution in [0.2, 0.25) is 0 Å². The Morgan fingerprint density at radius 1 is 1.22 bits per heavy atom. The molecule has 32 heavy (non-hydrogen) atoms. The molecule has 0 saturated heterocycles. The van der Waals surface area contributed by atoms with E-state index in [0.717, 1.165) is 29.1 Å². The van der Waals surface area contributed by atoms with E-state index in [4.69, 9.17) is 21.5 Å². The number of methoxy groups -OCH3 is 1. The molecule has 2 heterocycles. The van der Waals surface area contributed by atoms with Crippen molar-refractivity contribution in [2.24, 2.45) is 5.92 Å². The summed E-state index contributed by atoms with van der Waals surface area (Å²) in [6, 6.07) is 13.5. The van der Waals surface area contributed by atoms with E-state index in [0.29, 0.717) is 28.3 Å². The van der Waals surface area contributed by atoms with Crippen molar-refractivity contribution in [3.8, 4) is 17.1 Å². The van der Waals surface area contributed by atoms with Crippen LogP contribution in [0.3, 0.4) is 0 Å². The first kappa shape index (κ1) is 22.0. The largest absolute Gasteiger partial charge is 0.497 e. The van der Waals surface area contributed by atoms with E-state index >= 15 is 0 Å². The minimum atomic E-state index is -0.316. The first-order valence-corrected chi connectivity index (χ1v) is 10.8. The summed E-state index contributed by atoms with van der Waals surface area (Å²) < 4.78 is 24.4. The van der Waals surface area contributed by atoms with E-state index < -0.39 is 0 Å². The van der Waals surface area contributed by atoms with Gasteiger partial charge in [0.1, 0.15) is 11.6 Å². The number of ether oxygens (including phenoxy) is 1. The second-order valence-corrected chi connectivity index (χ2v) is 8.48. The number of halogens is 1. The van der Waals surface area contributed by atoms with E-state index in [1.54, 1.807) is 19.2 Å². The van der Waals surface area contributed by atoms with Crippen molar-refractivity contribution in [2.45, 2.75) is 26.8 Å². The Kier molecular flexibility index (Phi) is 6.23. The minimum absolute atomic E-state index is 0.289. The number of hydrogen-bond donors (Lipinski definition) is 1. The second-order valence-electron chi connectivity index (χ2n) is 8.09. The molecule has 0 amide bonds. The molecule has 2 aromatic carbocycles. The molecule has 0 aliphatic carbocycles. The Morgan fingerprint density at radius 2 is 1.97 bits per heavy atom. The molecule has 1 atom stereocenters. The zero-order valence-electron chi connectivity index (χ0n) is 18.4. The summed E-state index contributed by atoms with van der Waals surface area (Å²) in [5, 5.41) is 8.23. The zero-order chi connectivity index (χ0) is 22.8. The maximum atomic E-state index is 13.3. The monoisotopic (exact) mass is 452 g/mol. The van der Waals surface area contributed by atoms with Gasteiger partial charge in [-0.05, 0) is 67.0 Å². The maximum absolute atomic E-state index is 13.3. The predicted molar refractivity (Wildman–Crippen MR) is 125 cm³/mol. The molecule has 1 N–H and O–H groups in total. The van der Waals surface area contributed by atoms with Gasteiger partial charge < -0.3 is 19.5 Å². The summed E-state index contributed by atoms with van der Waals surface area (Å²) in [4.78, 5) is 6.71. The quantitative estimate of drug-likeness (QED) is 0.516. The van der Waals surface area contributed by atoms with Gasteiger partial charge in [-0.25, -0.2) is 4.39 Å². The third-order valence-electron chi connectivity index (χ3n) is 5.33. The predicted octanol–water partition coefficient (Wildman–Crippen LogP) is 5.20. The van der Waals surface area contributed by atoms with E-state index in [2.05, 4.69) is 34.2 Å². The van der Waals surface area contributed by atoms with Gasteiger partial charge in [0.05, 0.1) is 18.7 Å². The maximum Gasteiger partial charge on any atom is 0.258 e. The number of benzene rings is 2. The smallest absolute Gasteiger partial charge is 0.258 e. The van der Waals surface area contributed by atoms with Crippen molar-refractivity contribution in [3.63, 3.8) is 0 Å². The molecule has 1 aromatic heterocycles. The summed E-state index contributed by atoms with van der Waals surface area (Å²) in [7, 11) is 1.64. The third-order valence-corrected chi connectivity index (χ3v) is 5.67. The third kappa shape index (κ3) is 4.36.